The molecule has 0 aliphatic rings. The first kappa shape index (κ1) is 21.9. The number of nitrogens with two attached hydrogens (primary N) is 2. The first-order valence-electron chi connectivity index (χ1n) is 9.98. The third-order valence-electron chi connectivity index (χ3n) is 5.14. The van der Waals surface area contributed by atoms with Crippen LogP contribution in [-0.2, 0) is 0 Å². The Balaban J connectivity index is 3.75. The molecule has 0 bridgehead atoms. The van der Waals surface area contributed by atoms with Gasteiger partial charge in [-0.25, -0.2) is 0 Å². The summed E-state index contributed by atoms with van der Waals surface area (Å²) in [5.74, 6) is 2.64. The zero-order valence-electron chi connectivity index (χ0n) is 15.9. The summed E-state index contributed by atoms with van der Waals surface area (Å²) in [7, 11) is 0. The maximum atomic E-state index is 5.60. The van der Waals surface area contributed by atoms with E-state index in [1.54, 1.807) is 0 Å². The maximum absolute atomic E-state index is 5.60. The van der Waals surface area contributed by atoms with Crippen LogP contribution in [-0.4, -0.2) is 6.17 Å². The molecule has 0 saturated heterocycles. The second-order valence-electron chi connectivity index (χ2n) is 7.84. The molecule has 0 aliphatic carbocycles. The summed E-state index contributed by atoms with van der Waals surface area (Å²) in [6.45, 7) is 9.53. The van der Waals surface area contributed by atoms with Gasteiger partial charge in [0.25, 0.3) is 0 Å². The van der Waals surface area contributed by atoms with Gasteiger partial charge in [-0.1, -0.05) is 91.9 Å². The molecule has 4 N–H and O–H groups in total. The summed E-state index contributed by atoms with van der Waals surface area (Å²) in [4.78, 5) is 0. The Morgan fingerprint density at radius 1 is 0.636 bits per heavy atom. The molecule has 0 saturated carbocycles. The van der Waals surface area contributed by atoms with Crippen molar-refractivity contribution < 1.29 is 0 Å². The van der Waals surface area contributed by atoms with Crippen molar-refractivity contribution in [1.82, 2.24) is 0 Å². The van der Waals surface area contributed by atoms with Crippen molar-refractivity contribution >= 4 is 0 Å². The summed E-state index contributed by atoms with van der Waals surface area (Å²) >= 11 is 0. The summed E-state index contributed by atoms with van der Waals surface area (Å²) in [6.07, 6.45) is 16.0. The minimum atomic E-state index is -0.116. The van der Waals surface area contributed by atoms with Crippen molar-refractivity contribution in [1.29, 1.82) is 0 Å². The highest BCUT2D eigenvalue weighted by Gasteiger charge is 2.14. The molecule has 2 unspecified atom stereocenters. The third kappa shape index (κ3) is 13.6. The van der Waals surface area contributed by atoms with Gasteiger partial charge >= 0.3 is 0 Å². The molecular formula is C20H44N2. The van der Waals surface area contributed by atoms with Crippen molar-refractivity contribution in [2.45, 2.75) is 111 Å². The Hall–Kier alpha value is -0.0800. The van der Waals surface area contributed by atoms with Gasteiger partial charge in [-0.2, -0.15) is 0 Å². The molecule has 0 amide bonds. The molecule has 0 spiro atoms. The third-order valence-corrected chi connectivity index (χ3v) is 5.14. The molecule has 0 aliphatic heterocycles. The van der Waals surface area contributed by atoms with Crippen LogP contribution >= 0.6 is 0 Å². The molecule has 2 nitrogen and oxygen atoms in total. The van der Waals surface area contributed by atoms with E-state index in [1.165, 1.54) is 70.6 Å². The molecule has 0 radical (unpaired) electrons. The van der Waals surface area contributed by atoms with Crippen molar-refractivity contribution in [3.63, 3.8) is 0 Å². The van der Waals surface area contributed by atoms with E-state index in [4.69, 9.17) is 11.5 Å². The lowest BCUT2D eigenvalue weighted by atomic mass is 9.83. The summed E-state index contributed by atoms with van der Waals surface area (Å²) in [5, 5.41) is 0. The molecule has 22 heavy (non-hydrogen) atoms. The SMILES string of the molecule is CCCCCCC(C)CCC(CCCCCC(N)N)C(C)C. The highest BCUT2D eigenvalue weighted by atomic mass is 14.8. The molecule has 0 aromatic rings. The monoisotopic (exact) mass is 312 g/mol. The molecule has 0 fully saturated rings. The van der Waals surface area contributed by atoms with Crippen LogP contribution in [0.25, 0.3) is 0 Å². The first-order valence-corrected chi connectivity index (χ1v) is 9.98. The van der Waals surface area contributed by atoms with Gasteiger partial charge in [0.05, 0.1) is 6.17 Å². The van der Waals surface area contributed by atoms with E-state index in [0.717, 1.165) is 24.2 Å². The summed E-state index contributed by atoms with van der Waals surface area (Å²) in [5.41, 5.74) is 11.2. The highest BCUT2D eigenvalue weighted by Crippen LogP contribution is 2.27. The second kappa shape index (κ2) is 14.5. The van der Waals surface area contributed by atoms with Gasteiger partial charge in [-0.15, -0.1) is 0 Å². The van der Waals surface area contributed by atoms with Crippen LogP contribution in [0.3, 0.4) is 0 Å². The normalized spacial score (nSPS) is 14.7. The van der Waals surface area contributed by atoms with Crippen LogP contribution < -0.4 is 11.5 Å². The highest BCUT2D eigenvalue weighted by molar-refractivity contribution is 4.66. The van der Waals surface area contributed by atoms with E-state index < -0.39 is 0 Å². The quantitative estimate of drug-likeness (QED) is 0.295. The Morgan fingerprint density at radius 3 is 1.82 bits per heavy atom. The molecule has 0 rings (SSSR count). The van der Waals surface area contributed by atoms with E-state index in [0.29, 0.717) is 0 Å². The number of rotatable bonds is 15. The Bertz CT molecular complexity index is 226. The van der Waals surface area contributed by atoms with Gasteiger partial charge < -0.3 is 11.5 Å². The average Bonchev–Trinajstić information content (AvgIpc) is 2.45. The minimum absolute atomic E-state index is 0.116. The van der Waals surface area contributed by atoms with Crippen molar-refractivity contribution in [3.8, 4) is 0 Å². The van der Waals surface area contributed by atoms with Crippen molar-refractivity contribution in [3.05, 3.63) is 0 Å². The Labute approximate surface area is 140 Å². The van der Waals surface area contributed by atoms with E-state index >= 15 is 0 Å². The fraction of sp³-hybridized carbons (Fsp3) is 1.00. The van der Waals surface area contributed by atoms with E-state index in [2.05, 4.69) is 27.7 Å². The average molecular weight is 313 g/mol. The van der Waals surface area contributed by atoms with Crippen LogP contribution in [0.4, 0.5) is 0 Å². The lowest BCUT2D eigenvalue weighted by molar-refractivity contribution is 0.291. The lowest BCUT2D eigenvalue weighted by Crippen LogP contribution is -2.29. The fourth-order valence-corrected chi connectivity index (χ4v) is 3.34. The van der Waals surface area contributed by atoms with Crippen LogP contribution in [0.15, 0.2) is 0 Å². The van der Waals surface area contributed by atoms with Gasteiger partial charge in [-0.3, -0.25) is 0 Å². The molecule has 0 aromatic heterocycles. The van der Waals surface area contributed by atoms with Crippen LogP contribution in [0, 0.1) is 17.8 Å². The molecule has 0 aromatic carbocycles. The molecule has 0 heterocycles. The van der Waals surface area contributed by atoms with Crippen molar-refractivity contribution in [2.24, 2.45) is 29.2 Å². The van der Waals surface area contributed by atoms with Crippen molar-refractivity contribution in [2.75, 3.05) is 0 Å². The standard InChI is InChI=1S/C20H44N2/c1-5-6-7-9-12-18(4)15-16-19(17(2)3)13-10-8-11-14-20(21)22/h17-20H,5-16,21-22H2,1-4H3. The van der Waals surface area contributed by atoms with Crippen LogP contribution in [0.5, 0.6) is 0 Å². The lowest BCUT2D eigenvalue weighted by Gasteiger charge is -2.23. The number of unbranched alkanes of at least 4 members (excludes halogenated alkanes) is 5. The first-order chi connectivity index (χ1) is 10.5. The van der Waals surface area contributed by atoms with E-state index in [9.17, 15) is 0 Å². The van der Waals surface area contributed by atoms with Gasteiger partial charge in [0.1, 0.15) is 0 Å². The van der Waals surface area contributed by atoms with Gasteiger partial charge in [0.15, 0.2) is 0 Å². The Kier molecular flexibility index (Phi) is 14.5. The van der Waals surface area contributed by atoms with Gasteiger partial charge in [0, 0.05) is 0 Å². The van der Waals surface area contributed by atoms with Crippen LogP contribution in [0.1, 0.15) is 105 Å². The largest absolute Gasteiger partial charge is 0.316 e. The maximum Gasteiger partial charge on any atom is 0.0520 e. The van der Waals surface area contributed by atoms with Gasteiger partial charge in [-0.05, 0) is 30.6 Å². The molecule has 2 atom stereocenters. The molecular weight excluding hydrogens is 268 g/mol. The minimum Gasteiger partial charge on any atom is -0.316 e. The fourth-order valence-electron chi connectivity index (χ4n) is 3.34. The summed E-state index contributed by atoms with van der Waals surface area (Å²) in [6, 6.07) is 0. The predicted octanol–water partition coefficient (Wildman–Crippen LogP) is 5.84. The molecule has 2 heteroatoms. The smallest absolute Gasteiger partial charge is 0.0520 e. The molecule has 134 valence electrons. The van der Waals surface area contributed by atoms with E-state index in [1.807, 2.05) is 0 Å². The number of hydrogen-bond donors (Lipinski definition) is 2. The topological polar surface area (TPSA) is 52.0 Å². The van der Waals surface area contributed by atoms with E-state index in [-0.39, 0.29) is 6.17 Å². The predicted molar refractivity (Wildman–Crippen MR) is 101 cm³/mol. The second-order valence-corrected chi connectivity index (χ2v) is 7.84. The number of hydrogen-bond acceptors (Lipinski definition) is 2. The zero-order valence-corrected chi connectivity index (χ0v) is 15.9. The Morgan fingerprint density at radius 2 is 1.23 bits per heavy atom. The van der Waals surface area contributed by atoms with Gasteiger partial charge in [0.2, 0.25) is 0 Å². The zero-order chi connectivity index (χ0) is 16.8. The van der Waals surface area contributed by atoms with Crippen LogP contribution in [0.2, 0.25) is 0 Å². The summed E-state index contributed by atoms with van der Waals surface area (Å²) < 4.78 is 0.